The molecule has 27 heavy (non-hydrogen) atoms. The van der Waals surface area contributed by atoms with E-state index < -0.39 is 0 Å². The van der Waals surface area contributed by atoms with Gasteiger partial charge in [-0.1, -0.05) is 39.0 Å². The van der Waals surface area contributed by atoms with E-state index in [-0.39, 0.29) is 17.5 Å². The number of carbonyl (C=O) groups is 2. The van der Waals surface area contributed by atoms with Gasteiger partial charge in [0.15, 0.2) is 0 Å². The number of nitrogens with zero attached hydrogens (tertiary/aromatic N) is 2. The lowest BCUT2D eigenvalue weighted by Crippen LogP contribution is -2.39. The molecule has 0 radical (unpaired) electrons. The van der Waals surface area contributed by atoms with Gasteiger partial charge in [0.25, 0.3) is 11.8 Å². The minimum absolute atomic E-state index is 0.0995. The van der Waals surface area contributed by atoms with Crippen LogP contribution in [0.3, 0.4) is 0 Å². The van der Waals surface area contributed by atoms with Gasteiger partial charge >= 0.3 is 0 Å². The highest BCUT2D eigenvalue weighted by molar-refractivity contribution is 6.03. The number of rotatable bonds is 4. The van der Waals surface area contributed by atoms with Gasteiger partial charge in [0.05, 0.1) is 0 Å². The monoisotopic (exact) mass is 365 g/mol. The van der Waals surface area contributed by atoms with E-state index >= 15 is 0 Å². The predicted molar refractivity (Wildman–Crippen MR) is 107 cm³/mol. The average molecular weight is 365 g/mol. The van der Waals surface area contributed by atoms with Gasteiger partial charge in [0, 0.05) is 18.8 Å². The molecule has 2 amide bonds. The standard InChI is InChI=1S/C22H27N3O2/c1-15(2)17-9-11-18(12-10-17)23-21(26)19-7-4-8-20(24-19)22(27)25-13-5-6-16(3)14-25/h4,7-12,15-16H,5-6,13-14H2,1-3H3,(H,23,26). The van der Waals surface area contributed by atoms with Crippen LogP contribution in [0.1, 0.15) is 66.1 Å². The molecule has 1 atom stereocenters. The molecule has 1 aromatic heterocycles. The fraction of sp³-hybridized carbons (Fsp3) is 0.409. The highest BCUT2D eigenvalue weighted by atomic mass is 16.2. The summed E-state index contributed by atoms with van der Waals surface area (Å²) in [5.74, 6) is 0.533. The maximum Gasteiger partial charge on any atom is 0.274 e. The molecule has 1 unspecified atom stereocenters. The summed E-state index contributed by atoms with van der Waals surface area (Å²) < 4.78 is 0. The molecular weight excluding hydrogens is 338 g/mol. The Labute approximate surface area is 160 Å². The molecule has 0 bridgehead atoms. The first-order valence-corrected chi connectivity index (χ1v) is 9.61. The molecule has 3 rings (SSSR count). The van der Waals surface area contributed by atoms with Crippen LogP contribution < -0.4 is 5.32 Å². The molecule has 1 aliphatic heterocycles. The SMILES string of the molecule is CC1CCCN(C(=O)c2cccc(C(=O)Nc3ccc(C(C)C)cc3)n2)C1. The normalized spacial score (nSPS) is 17.0. The first kappa shape index (κ1) is 19.1. The van der Waals surface area contributed by atoms with Crippen molar-refractivity contribution in [3.63, 3.8) is 0 Å². The third kappa shape index (κ3) is 4.73. The Balaban J connectivity index is 1.70. The zero-order valence-electron chi connectivity index (χ0n) is 16.2. The molecule has 142 valence electrons. The summed E-state index contributed by atoms with van der Waals surface area (Å²) in [4.78, 5) is 31.4. The van der Waals surface area contributed by atoms with E-state index in [9.17, 15) is 9.59 Å². The van der Waals surface area contributed by atoms with Crippen molar-refractivity contribution < 1.29 is 9.59 Å². The third-order valence-electron chi connectivity index (χ3n) is 4.98. The highest BCUT2D eigenvalue weighted by Gasteiger charge is 2.23. The van der Waals surface area contributed by atoms with Gasteiger partial charge in [-0.05, 0) is 54.5 Å². The first-order chi connectivity index (χ1) is 12.9. The highest BCUT2D eigenvalue weighted by Crippen LogP contribution is 2.19. The number of aromatic nitrogens is 1. The Bertz CT molecular complexity index is 815. The van der Waals surface area contributed by atoms with Gasteiger partial charge in [0.2, 0.25) is 0 Å². The van der Waals surface area contributed by atoms with Crippen molar-refractivity contribution in [3.05, 3.63) is 59.4 Å². The van der Waals surface area contributed by atoms with E-state index in [0.717, 1.165) is 25.9 Å². The second-order valence-electron chi connectivity index (χ2n) is 7.64. The quantitative estimate of drug-likeness (QED) is 0.877. The summed E-state index contributed by atoms with van der Waals surface area (Å²) in [5, 5.41) is 2.85. The van der Waals surface area contributed by atoms with Crippen molar-refractivity contribution in [2.75, 3.05) is 18.4 Å². The lowest BCUT2D eigenvalue weighted by molar-refractivity contribution is 0.0677. The summed E-state index contributed by atoms with van der Waals surface area (Å²) in [6, 6.07) is 12.8. The number of pyridine rings is 1. The molecule has 1 fully saturated rings. The zero-order chi connectivity index (χ0) is 19.4. The minimum Gasteiger partial charge on any atom is -0.337 e. The van der Waals surface area contributed by atoms with Gasteiger partial charge in [-0.15, -0.1) is 0 Å². The van der Waals surface area contributed by atoms with E-state index in [1.54, 1.807) is 18.2 Å². The van der Waals surface area contributed by atoms with E-state index in [2.05, 4.69) is 31.1 Å². The molecule has 0 saturated carbocycles. The van der Waals surface area contributed by atoms with Crippen molar-refractivity contribution in [2.24, 2.45) is 5.92 Å². The molecule has 1 aromatic carbocycles. The van der Waals surface area contributed by atoms with E-state index in [4.69, 9.17) is 0 Å². The Morgan fingerprint density at radius 2 is 1.81 bits per heavy atom. The van der Waals surface area contributed by atoms with Crippen molar-refractivity contribution in [2.45, 2.75) is 39.5 Å². The van der Waals surface area contributed by atoms with E-state index in [1.165, 1.54) is 5.56 Å². The van der Waals surface area contributed by atoms with Crippen molar-refractivity contribution in [1.82, 2.24) is 9.88 Å². The Morgan fingerprint density at radius 1 is 1.11 bits per heavy atom. The molecule has 1 N–H and O–H groups in total. The lowest BCUT2D eigenvalue weighted by Gasteiger charge is -2.30. The van der Waals surface area contributed by atoms with Gasteiger partial charge in [0.1, 0.15) is 11.4 Å². The number of benzene rings is 1. The van der Waals surface area contributed by atoms with Gasteiger partial charge in [-0.25, -0.2) is 4.98 Å². The van der Waals surface area contributed by atoms with Gasteiger partial charge in [-0.2, -0.15) is 0 Å². The van der Waals surface area contributed by atoms with Crippen LogP contribution in [0, 0.1) is 5.92 Å². The number of hydrogen-bond donors (Lipinski definition) is 1. The number of anilines is 1. The maximum absolute atomic E-state index is 12.7. The molecule has 1 aliphatic rings. The van der Waals surface area contributed by atoms with Crippen LogP contribution in [0.25, 0.3) is 0 Å². The maximum atomic E-state index is 12.7. The molecule has 5 nitrogen and oxygen atoms in total. The van der Waals surface area contributed by atoms with Crippen molar-refractivity contribution >= 4 is 17.5 Å². The molecule has 0 spiro atoms. The van der Waals surface area contributed by atoms with Crippen LogP contribution in [0.15, 0.2) is 42.5 Å². The van der Waals surface area contributed by atoms with Gasteiger partial charge < -0.3 is 10.2 Å². The van der Waals surface area contributed by atoms with Crippen LogP contribution in [-0.2, 0) is 0 Å². The van der Waals surface area contributed by atoms with Crippen molar-refractivity contribution in [3.8, 4) is 0 Å². The number of piperidine rings is 1. The molecule has 0 aliphatic carbocycles. The fourth-order valence-corrected chi connectivity index (χ4v) is 3.36. The molecular formula is C22H27N3O2. The molecule has 5 heteroatoms. The minimum atomic E-state index is -0.311. The lowest BCUT2D eigenvalue weighted by atomic mass is 10.00. The van der Waals surface area contributed by atoms with Crippen LogP contribution in [0.2, 0.25) is 0 Å². The Kier molecular flexibility index (Phi) is 5.89. The van der Waals surface area contributed by atoms with E-state index in [1.807, 2.05) is 29.2 Å². The Morgan fingerprint density at radius 3 is 2.48 bits per heavy atom. The second-order valence-corrected chi connectivity index (χ2v) is 7.64. The number of hydrogen-bond acceptors (Lipinski definition) is 3. The summed E-state index contributed by atoms with van der Waals surface area (Å²) in [6.07, 6.45) is 2.16. The van der Waals surface area contributed by atoms with Gasteiger partial charge in [-0.3, -0.25) is 9.59 Å². The number of nitrogens with one attached hydrogen (secondary N) is 1. The second kappa shape index (κ2) is 8.33. The molecule has 2 heterocycles. The zero-order valence-corrected chi connectivity index (χ0v) is 16.2. The van der Waals surface area contributed by atoms with Crippen molar-refractivity contribution in [1.29, 1.82) is 0 Å². The number of likely N-dealkylation sites (tertiary alicyclic amines) is 1. The number of carbonyl (C=O) groups excluding carboxylic acids is 2. The predicted octanol–water partition coefficient (Wildman–Crippen LogP) is 4.33. The summed E-state index contributed by atoms with van der Waals surface area (Å²) >= 11 is 0. The molecule has 2 aromatic rings. The summed E-state index contributed by atoms with van der Waals surface area (Å²) in [5.41, 5.74) is 2.51. The average Bonchev–Trinajstić information content (AvgIpc) is 2.68. The molecule has 1 saturated heterocycles. The number of amides is 2. The van der Waals surface area contributed by atoms with Crippen LogP contribution in [0.5, 0.6) is 0 Å². The summed E-state index contributed by atoms with van der Waals surface area (Å²) in [6.45, 7) is 7.91. The smallest absolute Gasteiger partial charge is 0.274 e. The summed E-state index contributed by atoms with van der Waals surface area (Å²) in [7, 11) is 0. The fourth-order valence-electron chi connectivity index (χ4n) is 3.36. The van der Waals surface area contributed by atoms with E-state index in [0.29, 0.717) is 23.2 Å². The Hall–Kier alpha value is -2.69. The van der Waals surface area contributed by atoms with Crippen LogP contribution >= 0.6 is 0 Å². The largest absolute Gasteiger partial charge is 0.337 e. The third-order valence-corrected chi connectivity index (χ3v) is 4.98. The first-order valence-electron chi connectivity index (χ1n) is 9.61. The van der Waals surface area contributed by atoms with Crippen LogP contribution in [0.4, 0.5) is 5.69 Å². The topological polar surface area (TPSA) is 62.3 Å². The van der Waals surface area contributed by atoms with Crippen LogP contribution in [-0.4, -0.2) is 34.8 Å².